The van der Waals surface area contributed by atoms with Gasteiger partial charge >= 0.3 is 0 Å². The standard InChI is InChI=1S/C46H43NP2.2BrH/c1-36-45(34-48(39-22-10-4-11-23-39,40-24-12-5-13-25-40)41-26-14-6-15-27-41)37(2)47-38(3)46(36)35-49(42-28-16-7-17-29-42,43-30-18-8-19-31-43)44-32-20-9-21-33-44;;/h4-33H,34-35H2,1-3H3;2*1H/q+2;;. The van der Waals surface area contributed by atoms with Gasteiger partial charge in [-0.05, 0) is 99.1 Å². The highest BCUT2D eigenvalue weighted by Crippen LogP contribution is 2.61. The number of nitrogens with zero attached hydrogens (tertiary/aromatic N) is 1. The maximum absolute atomic E-state index is 5.40. The van der Waals surface area contributed by atoms with Gasteiger partial charge in [0.15, 0.2) is 0 Å². The van der Waals surface area contributed by atoms with E-state index < -0.39 is 14.5 Å². The summed E-state index contributed by atoms with van der Waals surface area (Å²) in [5.41, 5.74) is 6.39. The van der Waals surface area contributed by atoms with Gasteiger partial charge in [0.2, 0.25) is 0 Å². The van der Waals surface area contributed by atoms with Crippen molar-refractivity contribution in [3.05, 3.63) is 210 Å². The van der Waals surface area contributed by atoms with Gasteiger partial charge in [0, 0.05) is 22.5 Å². The topological polar surface area (TPSA) is 12.9 Å². The molecule has 1 nitrogen and oxygen atoms in total. The van der Waals surface area contributed by atoms with Crippen LogP contribution in [-0.4, -0.2) is 4.98 Å². The van der Waals surface area contributed by atoms with Crippen LogP contribution in [0.5, 0.6) is 0 Å². The van der Waals surface area contributed by atoms with Crippen LogP contribution in [0, 0.1) is 20.8 Å². The highest BCUT2D eigenvalue weighted by molar-refractivity contribution is 8.93. The smallest absolute Gasteiger partial charge is 0.116 e. The van der Waals surface area contributed by atoms with Crippen molar-refractivity contribution in [1.82, 2.24) is 4.98 Å². The minimum absolute atomic E-state index is 0. The number of aromatic nitrogens is 1. The first-order valence-electron chi connectivity index (χ1n) is 17.1. The number of hydrogen-bond acceptors (Lipinski definition) is 1. The van der Waals surface area contributed by atoms with E-state index in [1.54, 1.807) is 0 Å². The molecule has 0 bridgehead atoms. The van der Waals surface area contributed by atoms with Crippen molar-refractivity contribution in [1.29, 1.82) is 0 Å². The van der Waals surface area contributed by atoms with Crippen molar-refractivity contribution in [3.63, 3.8) is 0 Å². The molecule has 0 spiro atoms. The molecule has 0 aliphatic rings. The second kappa shape index (κ2) is 17.2. The zero-order chi connectivity index (χ0) is 33.7. The van der Waals surface area contributed by atoms with Crippen LogP contribution >= 0.6 is 48.5 Å². The highest BCUT2D eigenvalue weighted by Gasteiger charge is 2.48. The third-order valence-electron chi connectivity index (χ3n) is 10.1. The Morgan fingerprint density at radius 2 is 0.529 bits per heavy atom. The summed E-state index contributed by atoms with van der Waals surface area (Å²) in [6.45, 7) is 6.82. The van der Waals surface area contributed by atoms with Crippen molar-refractivity contribution >= 4 is 80.3 Å². The van der Waals surface area contributed by atoms with Crippen molar-refractivity contribution in [3.8, 4) is 0 Å². The fourth-order valence-corrected chi connectivity index (χ4v) is 16.4. The molecular formula is C46H45Br2NP2+2. The molecule has 1 heterocycles. The third-order valence-corrected chi connectivity index (χ3v) is 18.7. The van der Waals surface area contributed by atoms with Crippen molar-refractivity contribution < 1.29 is 0 Å². The van der Waals surface area contributed by atoms with Gasteiger partial charge in [-0.1, -0.05) is 109 Å². The Bertz CT molecular complexity index is 1780. The molecule has 0 radical (unpaired) electrons. The lowest BCUT2D eigenvalue weighted by molar-refractivity contribution is 1.01. The van der Waals surface area contributed by atoms with Crippen LogP contribution < -0.4 is 31.8 Å². The van der Waals surface area contributed by atoms with E-state index in [0.717, 1.165) is 23.7 Å². The number of hydrogen-bond donors (Lipinski definition) is 0. The number of halogens is 2. The van der Waals surface area contributed by atoms with Crippen LogP contribution in [0.4, 0.5) is 0 Å². The molecule has 0 fully saturated rings. The molecular weight excluding hydrogens is 788 g/mol. The lowest BCUT2D eigenvalue weighted by Gasteiger charge is -2.31. The molecule has 51 heavy (non-hydrogen) atoms. The van der Waals surface area contributed by atoms with Gasteiger partial charge in [0.05, 0.1) is 0 Å². The summed E-state index contributed by atoms with van der Waals surface area (Å²) in [5, 5.41) is 8.38. The van der Waals surface area contributed by atoms with E-state index in [4.69, 9.17) is 4.98 Å². The maximum Gasteiger partial charge on any atom is 0.116 e. The molecule has 0 N–H and O–H groups in total. The first-order valence-corrected chi connectivity index (χ1v) is 21.0. The van der Waals surface area contributed by atoms with Gasteiger partial charge in [0.1, 0.15) is 58.7 Å². The summed E-state index contributed by atoms with van der Waals surface area (Å²) >= 11 is 0. The lowest BCUT2D eigenvalue weighted by Crippen LogP contribution is -2.34. The second-order valence-electron chi connectivity index (χ2n) is 12.8. The largest absolute Gasteiger partial charge is 0.258 e. The average molecular weight is 834 g/mol. The molecule has 0 amide bonds. The summed E-state index contributed by atoms with van der Waals surface area (Å²) in [6, 6.07) is 67.4. The van der Waals surface area contributed by atoms with E-state index >= 15 is 0 Å². The normalized spacial score (nSPS) is 11.3. The minimum Gasteiger partial charge on any atom is -0.258 e. The van der Waals surface area contributed by atoms with E-state index in [-0.39, 0.29) is 34.0 Å². The summed E-state index contributed by atoms with van der Waals surface area (Å²) < 4.78 is 0. The van der Waals surface area contributed by atoms with Crippen LogP contribution in [0.3, 0.4) is 0 Å². The van der Waals surface area contributed by atoms with Gasteiger partial charge in [-0.15, -0.1) is 34.0 Å². The quantitative estimate of drug-likeness (QED) is 0.125. The van der Waals surface area contributed by atoms with Gasteiger partial charge in [-0.3, -0.25) is 4.98 Å². The molecule has 7 rings (SSSR count). The summed E-state index contributed by atoms with van der Waals surface area (Å²) in [4.78, 5) is 5.40. The Morgan fingerprint density at radius 3 is 0.725 bits per heavy atom. The zero-order valence-electron chi connectivity index (χ0n) is 29.4. The molecule has 6 aromatic carbocycles. The van der Waals surface area contributed by atoms with E-state index in [2.05, 4.69) is 203 Å². The van der Waals surface area contributed by atoms with Crippen LogP contribution in [-0.2, 0) is 12.3 Å². The van der Waals surface area contributed by atoms with Gasteiger partial charge in [0.25, 0.3) is 0 Å². The predicted octanol–water partition coefficient (Wildman–Crippen LogP) is 10.2. The van der Waals surface area contributed by atoms with Crippen LogP contribution in [0.15, 0.2) is 182 Å². The summed E-state index contributed by atoms with van der Waals surface area (Å²) in [5.74, 6) is 0. The Labute approximate surface area is 326 Å². The Balaban J connectivity index is 0.00000252. The molecule has 5 heteroatoms. The molecule has 0 aliphatic heterocycles. The lowest BCUT2D eigenvalue weighted by atomic mass is 10.0. The first-order chi connectivity index (χ1) is 24.0. The van der Waals surface area contributed by atoms with Crippen LogP contribution in [0.2, 0.25) is 0 Å². The van der Waals surface area contributed by atoms with E-state index in [1.807, 2.05) is 0 Å². The number of benzene rings is 6. The number of rotatable bonds is 10. The Kier molecular flexibility index (Phi) is 13.0. The monoisotopic (exact) mass is 831 g/mol. The van der Waals surface area contributed by atoms with Crippen molar-refractivity contribution in [2.24, 2.45) is 0 Å². The molecule has 0 saturated heterocycles. The Hall–Kier alpha value is -3.71. The van der Waals surface area contributed by atoms with Gasteiger partial charge in [-0.2, -0.15) is 0 Å². The van der Waals surface area contributed by atoms with E-state index in [9.17, 15) is 0 Å². The van der Waals surface area contributed by atoms with Gasteiger partial charge in [-0.25, -0.2) is 0 Å². The van der Waals surface area contributed by atoms with Crippen LogP contribution in [0.25, 0.3) is 0 Å². The molecule has 0 atom stereocenters. The molecule has 0 aliphatic carbocycles. The van der Waals surface area contributed by atoms with E-state index in [0.29, 0.717) is 0 Å². The molecule has 0 unspecified atom stereocenters. The predicted molar refractivity (Wildman–Crippen MR) is 237 cm³/mol. The summed E-state index contributed by atoms with van der Waals surface area (Å²) in [7, 11) is -4.24. The molecule has 256 valence electrons. The molecule has 1 aromatic heterocycles. The number of pyridine rings is 1. The van der Waals surface area contributed by atoms with Gasteiger partial charge < -0.3 is 0 Å². The maximum atomic E-state index is 5.40. The van der Waals surface area contributed by atoms with Crippen molar-refractivity contribution in [2.75, 3.05) is 0 Å². The second-order valence-corrected chi connectivity index (χ2v) is 19.8. The third kappa shape index (κ3) is 7.46. The zero-order valence-corrected chi connectivity index (χ0v) is 34.6. The SMILES string of the molecule is Br.Br.Cc1nc(C)c(C[P+](c2ccccc2)(c2ccccc2)c2ccccc2)c(C)c1C[P+](c1ccccc1)(c1ccccc1)c1ccccc1. The minimum atomic E-state index is -2.12. The first kappa shape index (κ1) is 38.5. The highest BCUT2D eigenvalue weighted by atomic mass is 79.9. The average Bonchev–Trinajstić information content (AvgIpc) is 3.17. The molecule has 0 saturated carbocycles. The van der Waals surface area contributed by atoms with Crippen molar-refractivity contribution in [2.45, 2.75) is 33.1 Å². The molecule has 7 aromatic rings. The van der Waals surface area contributed by atoms with Crippen LogP contribution in [0.1, 0.15) is 28.1 Å². The Morgan fingerprint density at radius 1 is 0.333 bits per heavy atom. The summed E-state index contributed by atoms with van der Waals surface area (Å²) in [6.07, 6.45) is 1.83. The fraction of sp³-hybridized carbons (Fsp3) is 0.109. The fourth-order valence-electron chi connectivity index (χ4n) is 7.59. The number of aryl methyl sites for hydroxylation is 2. The van der Waals surface area contributed by atoms with E-state index in [1.165, 1.54) is 48.5 Å².